The Morgan fingerprint density at radius 1 is 0.806 bits per heavy atom. The van der Waals surface area contributed by atoms with E-state index in [0.29, 0.717) is 13.1 Å². The van der Waals surface area contributed by atoms with Gasteiger partial charge in [-0.25, -0.2) is 16.8 Å². The molecule has 1 aliphatic heterocycles. The van der Waals surface area contributed by atoms with Gasteiger partial charge in [0, 0.05) is 24.9 Å². The van der Waals surface area contributed by atoms with Gasteiger partial charge in [-0.05, 0) is 49.2 Å². The SMILES string of the molecule is CS(=O)(=O)c1ccc(C(=O)NNC(=O)c2ccccc2S(=O)(=O)N2CCCCC2)cc1. The van der Waals surface area contributed by atoms with Gasteiger partial charge in [-0.2, -0.15) is 4.31 Å². The van der Waals surface area contributed by atoms with Crippen molar-refractivity contribution in [1.29, 1.82) is 0 Å². The molecule has 3 rings (SSSR count). The molecule has 31 heavy (non-hydrogen) atoms. The van der Waals surface area contributed by atoms with Crippen molar-refractivity contribution in [2.75, 3.05) is 19.3 Å². The lowest BCUT2D eigenvalue weighted by molar-refractivity contribution is 0.0845. The van der Waals surface area contributed by atoms with Gasteiger partial charge in [0.05, 0.1) is 15.4 Å². The average molecular weight is 466 g/mol. The Morgan fingerprint density at radius 3 is 2.00 bits per heavy atom. The second-order valence-corrected chi connectivity index (χ2v) is 11.1. The number of benzene rings is 2. The highest BCUT2D eigenvalue weighted by atomic mass is 32.2. The van der Waals surface area contributed by atoms with Crippen molar-refractivity contribution >= 4 is 31.7 Å². The van der Waals surface area contributed by atoms with E-state index in [4.69, 9.17) is 0 Å². The summed E-state index contributed by atoms with van der Waals surface area (Å²) >= 11 is 0. The molecule has 2 aromatic carbocycles. The lowest BCUT2D eigenvalue weighted by Crippen LogP contribution is -2.43. The van der Waals surface area contributed by atoms with E-state index < -0.39 is 31.7 Å². The van der Waals surface area contributed by atoms with Gasteiger partial charge in [0.15, 0.2) is 9.84 Å². The third-order valence-electron chi connectivity index (χ3n) is 4.90. The topological polar surface area (TPSA) is 130 Å². The molecule has 0 bridgehead atoms. The first-order chi connectivity index (χ1) is 14.6. The number of sulfonamides is 1. The summed E-state index contributed by atoms with van der Waals surface area (Å²) in [6.45, 7) is 0.803. The molecule has 1 heterocycles. The minimum atomic E-state index is -3.84. The molecule has 0 aliphatic carbocycles. The van der Waals surface area contributed by atoms with Gasteiger partial charge < -0.3 is 0 Å². The van der Waals surface area contributed by atoms with E-state index in [0.717, 1.165) is 25.5 Å². The molecular formula is C20H23N3O6S2. The van der Waals surface area contributed by atoms with E-state index in [2.05, 4.69) is 10.9 Å². The molecule has 1 aliphatic rings. The zero-order valence-corrected chi connectivity index (χ0v) is 18.5. The molecule has 0 spiro atoms. The van der Waals surface area contributed by atoms with Crippen LogP contribution in [-0.4, -0.2) is 52.3 Å². The van der Waals surface area contributed by atoms with Crippen molar-refractivity contribution in [2.24, 2.45) is 0 Å². The number of hydrogen-bond acceptors (Lipinski definition) is 6. The molecule has 2 aromatic rings. The van der Waals surface area contributed by atoms with E-state index in [-0.39, 0.29) is 20.9 Å². The zero-order valence-electron chi connectivity index (χ0n) is 16.9. The summed E-state index contributed by atoms with van der Waals surface area (Å²) in [6, 6.07) is 11.0. The maximum atomic E-state index is 13.0. The van der Waals surface area contributed by atoms with Crippen LogP contribution in [0.5, 0.6) is 0 Å². The van der Waals surface area contributed by atoms with Gasteiger partial charge in [-0.1, -0.05) is 18.6 Å². The molecule has 166 valence electrons. The Balaban J connectivity index is 1.73. The Bertz CT molecular complexity index is 1190. The van der Waals surface area contributed by atoms with Crippen LogP contribution >= 0.6 is 0 Å². The lowest BCUT2D eigenvalue weighted by atomic mass is 10.2. The minimum Gasteiger partial charge on any atom is -0.267 e. The molecule has 9 nitrogen and oxygen atoms in total. The average Bonchev–Trinajstić information content (AvgIpc) is 2.77. The second-order valence-electron chi connectivity index (χ2n) is 7.17. The Labute approximate surface area is 181 Å². The van der Waals surface area contributed by atoms with Crippen LogP contribution in [0.4, 0.5) is 0 Å². The third kappa shape index (κ3) is 5.30. The van der Waals surface area contributed by atoms with Crippen LogP contribution in [0.25, 0.3) is 0 Å². The van der Waals surface area contributed by atoms with Crippen LogP contribution in [0.3, 0.4) is 0 Å². The molecule has 1 fully saturated rings. The van der Waals surface area contributed by atoms with Crippen LogP contribution in [0.2, 0.25) is 0 Å². The molecule has 2 N–H and O–H groups in total. The summed E-state index contributed by atoms with van der Waals surface area (Å²) < 4.78 is 50.4. The first kappa shape index (κ1) is 22.9. The van der Waals surface area contributed by atoms with E-state index in [1.54, 1.807) is 0 Å². The van der Waals surface area contributed by atoms with Crippen molar-refractivity contribution in [2.45, 2.75) is 29.1 Å². The summed E-state index contributed by atoms with van der Waals surface area (Å²) in [6.07, 6.45) is 3.55. The van der Waals surface area contributed by atoms with E-state index >= 15 is 0 Å². The van der Waals surface area contributed by atoms with Crippen LogP contribution in [0, 0.1) is 0 Å². The molecule has 0 radical (unpaired) electrons. The second kappa shape index (κ2) is 9.16. The number of sulfone groups is 1. The molecule has 0 unspecified atom stereocenters. The number of hydrogen-bond donors (Lipinski definition) is 2. The Kier molecular flexibility index (Phi) is 6.77. The molecule has 11 heteroatoms. The largest absolute Gasteiger partial charge is 0.271 e. The van der Waals surface area contributed by atoms with Crippen LogP contribution in [0.1, 0.15) is 40.0 Å². The van der Waals surface area contributed by atoms with Gasteiger partial charge in [0.1, 0.15) is 0 Å². The quantitative estimate of drug-likeness (QED) is 0.641. The summed E-state index contributed by atoms with van der Waals surface area (Å²) in [5, 5.41) is 0. The van der Waals surface area contributed by atoms with Gasteiger partial charge in [-0.15, -0.1) is 0 Å². The highest BCUT2D eigenvalue weighted by Crippen LogP contribution is 2.23. The first-order valence-electron chi connectivity index (χ1n) is 9.61. The fourth-order valence-corrected chi connectivity index (χ4v) is 5.57. The van der Waals surface area contributed by atoms with Gasteiger partial charge in [-0.3, -0.25) is 20.4 Å². The number of piperidine rings is 1. The highest BCUT2D eigenvalue weighted by Gasteiger charge is 2.29. The number of amides is 2. The van der Waals surface area contributed by atoms with Crippen molar-refractivity contribution in [1.82, 2.24) is 15.2 Å². The molecule has 0 aromatic heterocycles. The van der Waals surface area contributed by atoms with Crippen molar-refractivity contribution < 1.29 is 26.4 Å². The van der Waals surface area contributed by atoms with Gasteiger partial charge in [0.25, 0.3) is 11.8 Å². The van der Waals surface area contributed by atoms with Crippen LogP contribution in [-0.2, 0) is 19.9 Å². The predicted molar refractivity (Wildman–Crippen MR) is 114 cm³/mol. The van der Waals surface area contributed by atoms with Crippen LogP contribution in [0.15, 0.2) is 58.3 Å². The van der Waals surface area contributed by atoms with E-state index in [9.17, 15) is 26.4 Å². The summed E-state index contributed by atoms with van der Waals surface area (Å²) in [5.41, 5.74) is 4.48. The summed E-state index contributed by atoms with van der Waals surface area (Å²) in [5.74, 6) is -1.46. The van der Waals surface area contributed by atoms with Crippen LogP contribution < -0.4 is 10.9 Å². The smallest absolute Gasteiger partial charge is 0.267 e. The van der Waals surface area contributed by atoms with Gasteiger partial charge in [0.2, 0.25) is 10.0 Å². The Hall–Kier alpha value is -2.76. The highest BCUT2D eigenvalue weighted by molar-refractivity contribution is 7.90. The molecular weight excluding hydrogens is 442 g/mol. The standard InChI is InChI=1S/C20H23N3O6S2/c1-30(26,27)16-11-9-15(10-12-16)19(24)21-22-20(25)17-7-3-4-8-18(17)31(28,29)23-13-5-2-6-14-23/h3-4,7-12H,2,5-6,13-14H2,1H3,(H,21,24)(H,22,25). The van der Waals surface area contributed by atoms with Gasteiger partial charge >= 0.3 is 0 Å². The normalized spacial score (nSPS) is 15.3. The number of nitrogens with one attached hydrogen (secondary N) is 2. The number of carbonyl (C=O) groups excluding carboxylic acids is 2. The number of nitrogens with zero attached hydrogens (tertiary/aromatic N) is 1. The maximum Gasteiger partial charge on any atom is 0.271 e. The van der Waals surface area contributed by atoms with Crippen molar-refractivity contribution in [3.63, 3.8) is 0 Å². The van der Waals surface area contributed by atoms with Crippen molar-refractivity contribution in [3.05, 3.63) is 59.7 Å². The number of hydrazine groups is 1. The van der Waals surface area contributed by atoms with E-state index in [1.807, 2.05) is 0 Å². The summed E-state index contributed by atoms with van der Waals surface area (Å²) in [4.78, 5) is 24.8. The fourth-order valence-electron chi connectivity index (χ4n) is 3.23. The van der Waals surface area contributed by atoms with E-state index in [1.165, 1.54) is 52.8 Å². The fraction of sp³-hybridized carbons (Fsp3) is 0.300. The van der Waals surface area contributed by atoms with Crippen molar-refractivity contribution in [3.8, 4) is 0 Å². The Morgan fingerprint density at radius 2 is 1.39 bits per heavy atom. The monoisotopic (exact) mass is 465 g/mol. The maximum absolute atomic E-state index is 13.0. The predicted octanol–water partition coefficient (Wildman–Crippen LogP) is 1.34. The summed E-state index contributed by atoms with van der Waals surface area (Å²) in [7, 11) is -7.24. The minimum absolute atomic E-state index is 0.0601. The molecule has 2 amide bonds. The lowest BCUT2D eigenvalue weighted by Gasteiger charge is -2.26. The molecule has 1 saturated heterocycles. The first-order valence-corrected chi connectivity index (χ1v) is 12.9. The zero-order chi connectivity index (χ0) is 22.6. The molecule has 0 saturated carbocycles. The number of rotatable bonds is 5. The molecule has 0 atom stereocenters. The number of carbonyl (C=O) groups is 2. The third-order valence-corrected chi connectivity index (χ3v) is 7.98.